The molecule has 1 aromatic carbocycles. The van der Waals surface area contributed by atoms with Gasteiger partial charge in [-0.1, -0.05) is 37.3 Å². The average molecular weight is 500 g/mol. The summed E-state index contributed by atoms with van der Waals surface area (Å²) >= 11 is 0. The third-order valence-electron chi connectivity index (χ3n) is 4.31. The van der Waals surface area contributed by atoms with E-state index in [1.807, 2.05) is 44.4 Å². The van der Waals surface area contributed by atoms with Gasteiger partial charge in [0.25, 0.3) is 0 Å². The monoisotopic (exact) mass is 500 g/mol. The number of nitrogens with zero attached hydrogens (tertiary/aromatic N) is 2. The van der Waals surface area contributed by atoms with Crippen molar-refractivity contribution in [3.05, 3.63) is 60.1 Å². The Morgan fingerprint density at radius 3 is 2.43 bits per heavy atom. The van der Waals surface area contributed by atoms with E-state index < -0.39 is 0 Å². The van der Waals surface area contributed by atoms with Crippen LogP contribution in [0.4, 0.5) is 0 Å². The number of ether oxygens (including phenoxy) is 1. The highest BCUT2D eigenvalue weighted by atomic mass is 127. The van der Waals surface area contributed by atoms with E-state index in [2.05, 4.69) is 39.6 Å². The fourth-order valence-corrected chi connectivity index (χ4v) is 2.71. The van der Waals surface area contributed by atoms with Gasteiger partial charge in [0.05, 0.1) is 25.5 Å². The first-order chi connectivity index (χ1) is 13.1. The van der Waals surface area contributed by atoms with Gasteiger partial charge in [-0.25, -0.2) is 0 Å². The van der Waals surface area contributed by atoms with E-state index >= 15 is 0 Å². The molecule has 1 aromatic heterocycles. The Labute approximate surface area is 185 Å². The number of guanidine groups is 1. The summed E-state index contributed by atoms with van der Waals surface area (Å²) in [5.74, 6) is 2.09. The lowest BCUT2D eigenvalue weighted by atomic mass is 10.2. The van der Waals surface area contributed by atoms with Crippen LogP contribution in [-0.2, 0) is 11.3 Å². The van der Waals surface area contributed by atoms with Crippen molar-refractivity contribution in [2.24, 2.45) is 10.9 Å². The molecule has 0 aliphatic heterocycles. The first kappa shape index (κ1) is 24.5. The molecule has 6 nitrogen and oxygen atoms in total. The van der Waals surface area contributed by atoms with Gasteiger partial charge in [-0.3, -0.25) is 9.89 Å². The SMILES string of the molecule is CN=C(NCC(C)COCc1ccccc1)NCC(c1ccco1)N(C)C.I. The highest BCUT2D eigenvalue weighted by molar-refractivity contribution is 14.0. The number of furan rings is 1. The van der Waals surface area contributed by atoms with E-state index in [1.54, 1.807) is 13.3 Å². The molecule has 0 saturated heterocycles. The van der Waals surface area contributed by atoms with Crippen molar-refractivity contribution in [2.75, 3.05) is 40.8 Å². The van der Waals surface area contributed by atoms with E-state index in [4.69, 9.17) is 9.15 Å². The van der Waals surface area contributed by atoms with Gasteiger partial charge in [-0.05, 0) is 37.7 Å². The van der Waals surface area contributed by atoms with E-state index in [1.165, 1.54) is 5.56 Å². The number of rotatable bonds is 10. The maximum Gasteiger partial charge on any atom is 0.191 e. The predicted molar refractivity (Wildman–Crippen MR) is 125 cm³/mol. The summed E-state index contributed by atoms with van der Waals surface area (Å²) in [4.78, 5) is 6.43. The van der Waals surface area contributed by atoms with Crippen LogP contribution in [0, 0.1) is 5.92 Å². The molecule has 0 radical (unpaired) electrons. The van der Waals surface area contributed by atoms with Crippen molar-refractivity contribution in [3.8, 4) is 0 Å². The highest BCUT2D eigenvalue weighted by Gasteiger charge is 2.17. The van der Waals surface area contributed by atoms with Gasteiger partial charge in [-0.15, -0.1) is 24.0 Å². The Morgan fingerprint density at radius 2 is 1.82 bits per heavy atom. The van der Waals surface area contributed by atoms with Crippen LogP contribution in [0.1, 0.15) is 24.3 Å². The molecule has 1 heterocycles. The van der Waals surface area contributed by atoms with Gasteiger partial charge in [0.1, 0.15) is 5.76 Å². The number of hydrogen-bond donors (Lipinski definition) is 2. The molecule has 0 fully saturated rings. The third-order valence-corrected chi connectivity index (χ3v) is 4.31. The van der Waals surface area contributed by atoms with E-state index in [9.17, 15) is 0 Å². The number of benzene rings is 1. The maximum atomic E-state index is 5.81. The van der Waals surface area contributed by atoms with Crippen LogP contribution in [0.25, 0.3) is 0 Å². The smallest absolute Gasteiger partial charge is 0.191 e. The molecular weight excluding hydrogens is 467 g/mol. The van der Waals surface area contributed by atoms with Crippen LogP contribution in [0.2, 0.25) is 0 Å². The van der Waals surface area contributed by atoms with Crippen LogP contribution in [0.15, 0.2) is 58.1 Å². The molecule has 0 aliphatic rings. The molecule has 0 aliphatic carbocycles. The minimum absolute atomic E-state index is 0. The third kappa shape index (κ3) is 8.62. The first-order valence-corrected chi connectivity index (χ1v) is 9.36. The molecule has 0 bridgehead atoms. The van der Waals surface area contributed by atoms with Crippen molar-refractivity contribution in [2.45, 2.75) is 19.6 Å². The van der Waals surface area contributed by atoms with Crippen LogP contribution >= 0.6 is 24.0 Å². The minimum Gasteiger partial charge on any atom is -0.468 e. The van der Waals surface area contributed by atoms with Gasteiger partial charge in [0.15, 0.2) is 5.96 Å². The molecule has 156 valence electrons. The number of aliphatic imine (C=N–C) groups is 1. The molecule has 28 heavy (non-hydrogen) atoms. The zero-order valence-electron chi connectivity index (χ0n) is 17.2. The van der Waals surface area contributed by atoms with Crippen LogP contribution in [-0.4, -0.2) is 51.7 Å². The lowest BCUT2D eigenvalue weighted by Gasteiger charge is -2.24. The van der Waals surface area contributed by atoms with Crippen molar-refractivity contribution in [3.63, 3.8) is 0 Å². The lowest BCUT2D eigenvalue weighted by Crippen LogP contribution is -2.43. The summed E-state index contributed by atoms with van der Waals surface area (Å²) in [7, 11) is 5.86. The summed E-state index contributed by atoms with van der Waals surface area (Å²) in [6.07, 6.45) is 1.70. The Kier molecular flexibility index (Phi) is 11.9. The topological polar surface area (TPSA) is 62.0 Å². The van der Waals surface area contributed by atoms with Crippen molar-refractivity contribution >= 4 is 29.9 Å². The molecule has 7 heteroatoms. The van der Waals surface area contributed by atoms with Gasteiger partial charge in [-0.2, -0.15) is 0 Å². The number of halogens is 1. The lowest BCUT2D eigenvalue weighted by molar-refractivity contribution is 0.0931. The Hall–Kier alpha value is -1.58. The second kappa shape index (κ2) is 13.6. The van der Waals surface area contributed by atoms with E-state index in [0.29, 0.717) is 25.7 Å². The quantitative estimate of drug-likeness (QED) is 0.297. The first-order valence-electron chi connectivity index (χ1n) is 9.36. The molecule has 2 rings (SSSR count). The molecule has 0 saturated carbocycles. The van der Waals surface area contributed by atoms with Crippen LogP contribution in [0.5, 0.6) is 0 Å². The van der Waals surface area contributed by atoms with Crippen LogP contribution in [0.3, 0.4) is 0 Å². The maximum absolute atomic E-state index is 5.81. The molecule has 0 amide bonds. The molecule has 2 atom stereocenters. The summed E-state index contributed by atoms with van der Waals surface area (Å²) in [5, 5.41) is 6.74. The molecule has 2 aromatic rings. The fourth-order valence-electron chi connectivity index (χ4n) is 2.71. The Balaban J connectivity index is 0.00000392. The van der Waals surface area contributed by atoms with Crippen LogP contribution < -0.4 is 10.6 Å². The van der Waals surface area contributed by atoms with Crippen molar-refractivity contribution in [1.82, 2.24) is 15.5 Å². The molecule has 0 spiro atoms. The number of likely N-dealkylation sites (N-methyl/N-ethyl adjacent to an activating group) is 1. The Morgan fingerprint density at radius 1 is 1.11 bits per heavy atom. The van der Waals surface area contributed by atoms with E-state index in [0.717, 1.165) is 18.3 Å². The zero-order chi connectivity index (χ0) is 19.5. The summed E-state index contributed by atoms with van der Waals surface area (Å²) in [5.41, 5.74) is 1.20. The zero-order valence-corrected chi connectivity index (χ0v) is 19.6. The van der Waals surface area contributed by atoms with Crippen molar-refractivity contribution in [1.29, 1.82) is 0 Å². The van der Waals surface area contributed by atoms with Gasteiger partial charge >= 0.3 is 0 Å². The second-order valence-corrected chi connectivity index (χ2v) is 6.93. The summed E-state index contributed by atoms with van der Waals surface area (Å²) in [6.45, 7) is 5.01. The molecule has 2 N–H and O–H groups in total. The standard InChI is InChI=1S/C21H32N4O2.HI/c1-17(15-26-16-18-9-6-5-7-10-18)13-23-21(22-2)24-14-19(25(3)4)20-11-8-12-27-20;/h5-12,17,19H,13-16H2,1-4H3,(H2,22,23,24);1H. The fraction of sp³-hybridized carbons (Fsp3) is 0.476. The minimum atomic E-state index is 0. The largest absolute Gasteiger partial charge is 0.468 e. The highest BCUT2D eigenvalue weighted by Crippen LogP contribution is 2.17. The van der Waals surface area contributed by atoms with Gasteiger partial charge in [0.2, 0.25) is 0 Å². The Bertz CT molecular complexity index is 662. The summed E-state index contributed by atoms with van der Waals surface area (Å²) < 4.78 is 11.4. The van der Waals surface area contributed by atoms with Gasteiger partial charge < -0.3 is 19.8 Å². The molecular formula is C21H33IN4O2. The van der Waals surface area contributed by atoms with Gasteiger partial charge in [0, 0.05) is 20.1 Å². The second-order valence-electron chi connectivity index (χ2n) is 6.93. The number of nitrogens with one attached hydrogen (secondary N) is 2. The molecule has 2 unspecified atom stereocenters. The summed E-state index contributed by atoms with van der Waals surface area (Å²) in [6, 6.07) is 14.3. The van der Waals surface area contributed by atoms with Crippen molar-refractivity contribution < 1.29 is 9.15 Å². The normalized spacial score (nSPS) is 13.7. The average Bonchev–Trinajstić information content (AvgIpc) is 3.19. The predicted octanol–water partition coefficient (Wildman–Crippen LogP) is 3.52. The number of hydrogen-bond acceptors (Lipinski definition) is 4. The van der Waals surface area contributed by atoms with E-state index in [-0.39, 0.29) is 30.0 Å².